The van der Waals surface area contributed by atoms with Crippen LogP contribution in [0.2, 0.25) is 0 Å². The van der Waals surface area contributed by atoms with Crippen LogP contribution in [0.1, 0.15) is 35.3 Å². The van der Waals surface area contributed by atoms with E-state index in [2.05, 4.69) is 10.1 Å². The van der Waals surface area contributed by atoms with Gasteiger partial charge in [0.25, 0.3) is 11.8 Å². The highest BCUT2D eigenvalue weighted by atomic mass is 16.6. The molecule has 0 aliphatic heterocycles. The van der Waals surface area contributed by atoms with Gasteiger partial charge in [-0.1, -0.05) is 48.5 Å². The van der Waals surface area contributed by atoms with Crippen molar-refractivity contribution in [1.29, 1.82) is 0 Å². The highest BCUT2D eigenvalue weighted by Gasteiger charge is 2.24. The average molecular weight is 398 g/mol. The lowest BCUT2D eigenvalue weighted by molar-refractivity contribution is -0.155. The molecule has 0 aliphatic rings. The monoisotopic (exact) mass is 398 g/mol. The first-order chi connectivity index (χ1) is 13.9. The smallest absolute Gasteiger partial charge is 0.413 e. The zero-order chi connectivity index (χ0) is 21.2. The molecule has 2 atom stereocenters. The summed E-state index contributed by atoms with van der Waals surface area (Å²) in [6, 6.07) is 16.9. The molecule has 29 heavy (non-hydrogen) atoms. The van der Waals surface area contributed by atoms with E-state index >= 15 is 0 Å². The molecule has 0 bridgehead atoms. The van der Waals surface area contributed by atoms with Crippen LogP contribution in [-0.4, -0.2) is 37.1 Å². The summed E-state index contributed by atoms with van der Waals surface area (Å²) in [7, 11) is 1.11. The summed E-state index contributed by atoms with van der Waals surface area (Å²) >= 11 is 0. The molecule has 2 N–H and O–H groups in total. The second kappa shape index (κ2) is 10.6. The van der Waals surface area contributed by atoms with Crippen molar-refractivity contribution >= 4 is 23.9 Å². The van der Waals surface area contributed by atoms with Gasteiger partial charge in [0.2, 0.25) is 0 Å². The minimum Gasteiger partial charge on any atom is -0.453 e. The van der Waals surface area contributed by atoms with Gasteiger partial charge in [0.15, 0.2) is 6.10 Å². The minimum absolute atomic E-state index is 0.196. The Bertz CT molecular complexity index is 854. The van der Waals surface area contributed by atoms with Crippen molar-refractivity contribution in [1.82, 2.24) is 10.6 Å². The number of alkyl carbamates (subject to hydrolysis) is 1. The molecule has 152 valence electrons. The van der Waals surface area contributed by atoms with E-state index in [9.17, 15) is 19.2 Å². The third-order valence-corrected chi connectivity index (χ3v) is 4.00. The van der Waals surface area contributed by atoms with Crippen molar-refractivity contribution in [3.63, 3.8) is 0 Å². The molecule has 0 radical (unpaired) electrons. The van der Waals surface area contributed by atoms with Gasteiger partial charge in [-0.25, -0.2) is 4.79 Å². The molecule has 3 amide bonds. The lowest BCUT2D eigenvalue weighted by atomic mass is 10.0. The van der Waals surface area contributed by atoms with Crippen LogP contribution in [0.15, 0.2) is 60.7 Å². The van der Waals surface area contributed by atoms with E-state index in [1.165, 1.54) is 6.92 Å². The van der Waals surface area contributed by atoms with Crippen molar-refractivity contribution in [3.8, 4) is 0 Å². The van der Waals surface area contributed by atoms with E-state index in [0.717, 1.165) is 7.11 Å². The number of amides is 3. The molecule has 2 aromatic rings. The lowest BCUT2D eigenvalue weighted by Crippen LogP contribution is -2.40. The zero-order valence-corrected chi connectivity index (χ0v) is 16.1. The number of carbonyl (C=O) groups excluding carboxylic acids is 4. The Labute approximate surface area is 168 Å². The summed E-state index contributed by atoms with van der Waals surface area (Å²) in [5.74, 6) is -1.86. The first-order valence-electron chi connectivity index (χ1n) is 8.90. The number of imide groups is 1. The van der Waals surface area contributed by atoms with Crippen LogP contribution in [0.4, 0.5) is 4.79 Å². The molecule has 0 heterocycles. The number of esters is 1. The Morgan fingerprint density at radius 2 is 1.52 bits per heavy atom. The number of hydrogen-bond donors (Lipinski definition) is 2. The predicted octanol–water partition coefficient (Wildman–Crippen LogP) is 2.36. The van der Waals surface area contributed by atoms with Gasteiger partial charge in [-0.15, -0.1) is 0 Å². The number of carbonyl (C=O) groups is 4. The summed E-state index contributed by atoms with van der Waals surface area (Å²) in [6.07, 6.45) is -2.35. The second-order valence-corrected chi connectivity index (χ2v) is 6.12. The topological polar surface area (TPSA) is 111 Å². The van der Waals surface area contributed by atoms with E-state index in [0.29, 0.717) is 11.1 Å². The van der Waals surface area contributed by atoms with E-state index in [1.807, 2.05) is 11.4 Å². The summed E-state index contributed by atoms with van der Waals surface area (Å²) in [5.41, 5.74) is 1.16. The van der Waals surface area contributed by atoms with Gasteiger partial charge in [-0.2, -0.15) is 0 Å². The highest BCUT2D eigenvalue weighted by molar-refractivity contribution is 5.95. The van der Waals surface area contributed by atoms with Gasteiger partial charge in [0.1, 0.15) is 0 Å². The molecular weight excluding hydrogens is 376 g/mol. The molecule has 2 rings (SSSR count). The molecule has 8 heteroatoms. The summed E-state index contributed by atoms with van der Waals surface area (Å²) in [5, 5.41) is 4.74. The first-order valence-corrected chi connectivity index (χ1v) is 8.90. The number of rotatable bonds is 7. The van der Waals surface area contributed by atoms with E-state index in [1.54, 1.807) is 54.6 Å². The fraction of sp³-hybridized carbons (Fsp3) is 0.238. The summed E-state index contributed by atoms with van der Waals surface area (Å²) in [4.78, 5) is 47.8. The SMILES string of the molecule is COC(=O)NC(=O)[C@H](C)OC(=O)C[C@@H](NC(=O)c1ccccc1)c1ccccc1. The van der Waals surface area contributed by atoms with Crippen molar-refractivity contribution in [2.24, 2.45) is 0 Å². The van der Waals surface area contributed by atoms with E-state index < -0.39 is 30.1 Å². The lowest BCUT2D eigenvalue weighted by Gasteiger charge is -2.20. The minimum atomic E-state index is -1.21. The Morgan fingerprint density at radius 1 is 0.931 bits per heavy atom. The number of nitrogens with one attached hydrogen (secondary N) is 2. The van der Waals surface area contributed by atoms with Crippen molar-refractivity contribution in [3.05, 3.63) is 71.8 Å². The predicted molar refractivity (Wildman–Crippen MR) is 104 cm³/mol. The number of benzene rings is 2. The van der Waals surface area contributed by atoms with Crippen LogP contribution in [0, 0.1) is 0 Å². The van der Waals surface area contributed by atoms with Gasteiger partial charge in [0.05, 0.1) is 19.6 Å². The molecule has 0 fully saturated rings. The molecule has 8 nitrogen and oxygen atoms in total. The Hall–Kier alpha value is -3.68. The third kappa shape index (κ3) is 6.76. The van der Waals surface area contributed by atoms with Crippen LogP contribution in [-0.2, 0) is 19.1 Å². The molecule has 2 aromatic carbocycles. The van der Waals surface area contributed by atoms with E-state index in [4.69, 9.17) is 4.74 Å². The van der Waals surface area contributed by atoms with Gasteiger partial charge >= 0.3 is 12.1 Å². The third-order valence-electron chi connectivity index (χ3n) is 4.00. The van der Waals surface area contributed by atoms with Crippen molar-refractivity contribution in [2.45, 2.75) is 25.5 Å². The van der Waals surface area contributed by atoms with Gasteiger partial charge < -0.3 is 14.8 Å². The van der Waals surface area contributed by atoms with Gasteiger partial charge in [-0.05, 0) is 24.6 Å². The molecule has 0 spiro atoms. The Kier molecular flexibility index (Phi) is 7.90. The zero-order valence-electron chi connectivity index (χ0n) is 16.1. The Balaban J connectivity index is 2.05. The van der Waals surface area contributed by atoms with Gasteiger partial charge in [0, 0.05) is 5.56 Å². The Morgan fingerprint density at radius 3 is 2.10 bits per heavy atom. The molecule has 0 aliphatic carbocycles. The van der Waals surface area contributed by atoms with Crippen LogP contribution in [0.25, 0.3) is 0 Å². The second-order valence-electron chi connectivity index (χ2n) is 6.12. The summed E-state index contributed by atoms with van der Waals surface area (Å²) in [6.45, 7) is 1.33. The molecular formula is C21H22N2O6. The average Bonchev–Trinajstić information content (AvgIpc) is 2.74. The molecule has 0 saturated heterocycles. The maximum atomic E-state index is 12.5. The fourth-order valence-electron chi connectivity index (χ4n) is 2.49. The van der Waals surface area contributed by atoms with Crippen molar-refractivity contribution < 1.29 is 28.7 Å². The fourth-order valence-corrected chi connectivity index (χ4v) is 2.49. The van der Waals surface area contributed by atoms with Crippen LogP contribution in [0.3, 0.4) is 0 Å². The maximum absolute atomic E-state index is 12.5. The van der Waals surface area contributed by atoms with Gasteiger partial charge in [-0.3, -0.25) is 19.7 Å². The number of hydrogen-bond acceptors (Lipinski definition) is 6. The number of methoxy groups -OCH3 is 1. The number of ether oxygens (including phenoxy) is 2. The summed E-state index contributed by atoms with van der Waals surface area (Å²) < 4.78 is 9.41. The van der Waals surface area contributed by atoms with Crippen LogP contribution in [0.5, 0.6) is 0 Å². The molecule has 0 unspecified atom stereocenters. The highest BCUT2D eigenvalue weighted by Crippen LogP contribution is 2.18. The first kappa shape index (κ1) is 21.6. The maximum Gasteiger partial charge on any atom is 0.413 e. The van der Waals surface area contributed by atoms with Crippen LogP contribution >= 0.6 is 0 Å². The standard InChI is InChI=1S/C21H22N2O6/c1-14(19(25)23-21(27)28-2)29-18(24)13-17(15-9-5-3-6-10-15)22-20(26)16-11-7-4-8-12-16/h3-12,14,17H,13H2,1-2H3,(H,22,26)(H,23,25,27)/t14-,17+/m0/s1. The van der Waals surface area contributed by atoms with E-state index in [-0.39, 0.29) is 12.3 Å². The molecule has 0 saturated carbocycles. The largest absolute Gasteiger partial charge is 0.453 e. The molecule has 0 aromatic heterocycles. The van der Waals surface area contributed by atoms with Crippen molar-refractivity contribution in [2.75, 3.05) is 7.11 Å². The normalized spacial score (nSPS) is 12.2. The van der Waals surface area contributed by atoms with Crippen LogP contribution < -0.4 is 10.6 Å². The quantitative estimate of drug-likeness (QED) is 0.693.